The van der Waals surface area contributed by atoms with E-state index in [1.165, 1.54) is 65.7 Å². The topological polar surface area (TPSA) is 3.24 Å². The van der Waals surface area contributed by atoms with Crippen LogP contribution in [0.15, 0.2) is 200 Å². The molecule has 0 fully saturated rings. The molecule has 0 aliphatic carbocycles. The van der Waals surface area contributed by atoms with Crippen LogP contribution in [0.3, 0.4) is 0 Å². The molecular weight excluding hydrogens is 591 g/mol. The van der Waals surface area contributed by atoms with E-state index in [-0.39, 0.29) is 0 Å². The number of fused-ring (bicyclic) bond motifs is 4. The molecule has 9 rings (SSSR count). The first kappa shape index (κ1) is 28.8. The molecule has 1 heteroatoms. The van der Waals surface area contributed by atoms with Gasteiger partial charge in [-0.2, -0.15) is 0 Å². The molecule has 0 aliphatic heterocycles. The summed E-state index contributed by atoms with van der Waals surface area (Å²) in [6.45, 7) is 0. The zero-order chi connectivity index (χ0) is 32.6. The van der Waals surface area contributed by atoms with E-state index in [0.29, 0.717) is 0 Å². The number of benzene rings is 9. The first-order valence-corrected chi connectivity index (χ1v) is 16.9. The molecule has 0 aromatic heterocycles. The fourth-order valence-corrected chi connectivity index (χ4v) is 7.37. The lowest BCUT2D eigenvalue weighted by atomic mass is 9.91. The van der Waals surface area contributed by atoms with Crippen molar-refractivity contribution >= 4 is 49.4 Å². The summed E-state index contributed by atoms with van der Waals surface area (Å²) in [6, 6.07) is 72.5. The van der Waals surface area contributed by atoms with Crippen molar-refractivity contribution in [3.63, 3.8) is 0 Å². The maximum absolute atomic E-state index is 2.45. The Hall–Kier alpha value is -6.44. The summed E-state index contributed by atoms with van der Waals surface area (Å²) in [5.74, 6) is 0. The number of nitrogens with zero attached hydrogens (tertiary/aromatic N) is 1. The number of hydrogen-bond donors (Lipinski definition) is 0. The van der Waals surface area contributed by atoms with Gasteiger partial charge in [0.1, 0.15) is 0 Å². The minimum Gasteiger partial charge on any atom is -0.309 e. The fraction of sp³-hybridized carbons (Fsp3) is 0. The van der Waals surface area contributed by atoms with E-state index in [1.54, 1.807) is 0 Å². The maximum atomic E-state index is 2.45. The van der Waals surface area contributed by atoms with E-state index in [9.17, 15) is 0 Å². The molecule has 0 N–H and O–H groups in total. The van der Waals surface area contributed by atoms with Gasteiger partial charge in [0.2, 0.25) is 0 Å². The molecule has 0 saturated carbocycles. The Balaban J connectivity index is 1.32. The minimum absolute atomic E-state index is 1.10. The highest BCUT2D eigenvalue weighted by Gasteiger charge is 2.22. The predicted molar refractivity (Wildman–Crippen MR) is 210 cm³/mol. The monoisotopic (exact) mass is 623 g/mol. The minimum atomic E-state index is 1.10. The van der Waals surface area contributed by atoms with E-state index in [4.69, 9.17) is 0 Å². The van der Waals surface area contributed by atoms with Crippen LogP contribution in [-0.4, -0.2) is 0 Å². The molecule has 9 aromatic rings. The van der Waals surface area contributed by atoms with Crippen LogP contribution in [0.5, 0.6) is 0 Å². The van der Waals surface area contributed by atoms with Crippen molar-refractivity contribution in [2.45, 2.75) is 0 Å². The van der Waals surface area contributed by atoms with Crippen LogP contribution in [0.1, 0.15) is 0 Å². The number of anilines is 3. The van der Waals surface area contributed by atoms with Crippen molar-refractivity contribution < 1.29 is 0 Å². The third-order valence-electron chi connectivity index (χ3n) is 9.66. The van der Waals surface area contributed by atoms with Gasteiger partial charge >= 0.3 is 0 Å². The van der Waals surface area contributed by atoms with Gasteiger partial charge in [0.05, 0.1) is 11.4 Å². The number of hydrogen-bond acceptors (Lipinski definition) is 1. The highest BCUT2D eigenvalue weighted by Crippen LogP contribution is 2.47. The quantitative estimate of drug-likeness (QED) is 0.167. The molecule has 0 saturated heterocycles. The van der Waals surface area contributed by atoms with Crippen LogP contribution in [0, 0.1) is 0 Å². The second-order valence-electron chi connectivity index (χ2n) is 12.5. The van der Waals surface area contributed by atoms with Crippen LogP contribution in [0.4, 0.5) is 17.1 Å². The van der Waals surface area contributed by atoms with Crippen LogP contribution >= 0.6 is 0 Å². The van der Waals surface area contributed by atoms with Gasteiger partial charge in [0.15, 0.2) is 0 Å². The molecule has 0 amide bonds. The second kappa shape index (κ2) is 12.3. The molecule has 1 nitrogen and oxygen atoms in total. The lowest BCUT2D eigenvalue weighted by Gasteiger charge is -2.30. The standard InChI is InChI=1S/C48H33N/c1-2-15-34(16-3-1)35-29-31-38(32-30-35)49(47-27-12-10-24-44(47)42-26-14-19-36-17-4-6-20-39(36)42)48-28-13-11-25-45(48)46-33-37-18-5-7-21-40(37)41-22-8-9-23-43(41)46/h1-33H. The lowest BCUT2D eigenvalue weighted by molar-refractivity contribution is 1.29. The Morgan fingerprint density at radius 1 is 0.265 bits per heavy atom. The van der Waals surface area contributed by atoms with E-state index >= 15 is 0 Å². The summed E-state index contributed by atoms with van der Waals surface area (Å²) < 4.78 is 0. The normalized spacial score (nSPS) is 11.3. The van der Waals surface area contributed by atoms with Crippen molar-refractivity contribution in [3.8, 4) is 33.4 Å². The summed E-state index contributed by atoms with van der Waals surface area (Å²) in [6.07, 6.45) is 0. The molecule has 0 atom stereocenters. The Morgan fingerprint density at radius 3 is 1.49 bits per heavy atom. The summed E-state index contributed by atoms with van der Waals surface area (Å²) in [4.78, 5) is 2.45. The van der Waals surface area contributed by atoms with E-state index in [0.717, 1.165) is 17.1 Å². The zero-order valence-corrected chi connectivity index (χ0v) is 27.0. The average Bonchev–Trinajstić information content (AvgIpc) is 3.18. The Labute approximate surface area is 287 Å². The van der Waals surface area contributed by atoms with Gasteiger partial charge < -0.3 is 4.90 Å². The molecule has 0 unspecified atom stereocenters. The SMILES string of the molecule is c1ccc(-c2ccc(N(c3ccccc3-c3cccc4ccccc34)c3ccccc3-c3cc4ccccc4c4ccccc34)cc2)cc1. The molecule has 230 valence electrons. The highest BCUT2D eigenvalue weighted by atomic mass is 15.1. The second-order valence-corrected chi connectivity index (χ2v) is 12.5. The van der Waals surface area contributed by atoms with E-state index in [2.05, 4.69) is 205 Å². The molecule has 0 spiro atoms. The van der Waals surface area contributed by atoms with Crippen molar-refractivity contribution in [1.82, 2.24) is 0 Å². The first-order valence-electron chi connectivity index (χ1n) is 16.9. The molecule has 0 aliphatic rings. The molecule has 0 bridgehead atoms. The van der Waals surface area contributed by atoms with Gasteiger partial charge in [-0.15, -0.1) is 0 Å². The van der Waals surface area contributed by atoms with Crippen LogP contribution in [-0.2, 0) is 0 Å². The van der Waals surface area contributed by atoms with Gasteiger partial charge in [-0.05, 0) is 84.9 Å². The maximum Gasteiger partial charge on any atom is 0.0540 e. The smallest absolute Gasteiger partial charge is 0.0540 e. The van der Waals surface area contributed by atoms with Crippen LogP contribution in [0.25, 0.3) is 65.7 Å². The largest absolute Gasteiger partial charge is 0.309 e. The Kier molecular flexibility index (Phi) is 7.22. The summed E-state index contributed by atoms with van der Waals surface area (Å²) >= 11 is 0. The van der Waals surface area contributed by atoms with Crippen molar-refractivity contribution in [3.05, 3.63) is 200 Å². The zero-order valence-electron chi connectivity index (χ0n) is 27.0. The summed E-state index contributed by atoms with van der Waals surface area (Å²) in [5.41, 5.74) is 10.6. The molecule has 9 aromatic carbocycles. The van der Waals surface area contributed by atoms with Gasteiger partial charge in [-0.1, -0.05) is 170 Å². The number of rotatable bonds is 6. The third kappa shape index (κ3) is 5.13. The predicted octanol–water partition coefficient (Wildman–Crippen LogP) is 13.6. The first-order chi connectivity index (χ1) is 24.3. The lowest BCUT2D eigenvalue weighted by Crippen LogP contribution is -2.12. The molecule has 0 heterocycles. The Morgan fingerprint density at radius 2 is 0.755 bits per heavy atom. The van der Waals surface area contributed by atoms with Crippen molar-refractivity contribution in [1.29, 1.82) is 0 Å². The molecule has 0 radical (unpaired) electrons. The van der Waals surface area contributed by atoms with Gasteiger partial charge in [-0.3, -0.25) is 0 Å². The number of para-hydroxylation sites is 2. The van der Waals surface area contributed by atoms with Gasteiger partial charge in [0, 0.05) is 16.8 Å². The summed E-state index contributed by atoms with van der Waals surface area (Å²) in [5, 5.41) is 7.49. The Bertz CT molecular complexity index is 2590. The van der Waals surface area contributed by atoms with E-state index < -0.39 is 0 Å². The van der Waals surface area contributed by atoms with Gasteiger partial charge in [0.25, 0.3) is 0 Å². The molecule has 49 heavy (non-hydrogen) atoms. The summed E-state index contributed by atoms with van der Waals surface area (Å²) in [7, 11) is 0. The van der Waals surface area contributed by atoms with Crippen molar-refractivity contribution in [2.75, 3.05) is 4.90 Å². The highest BCUT2D eigenvalue weighted by molar-refractivity contribution is 6.15. The third-order valence-corrected chi connectivity index (χ3v) is 9.66. The average molecular weight is 624 g/mol. The molecular formula is C48H33N. The van der Waals surface area contributed by atoms with Crippen molar-refractivity contribution in [2.24, 2.45) is 0 Å². The van der Waals surface area contributed by atoms with Crippen LogP contribution in [0.2, 0.25) is 0 Å². The van der Waals surface area contributed by atoms with E-state index in [1.807, 2.05) is 0 Å². The van der Waals surface area contributed by atoms with Crippen LogP contribution < -0.4 is 4.90 Å². The fourth-order valence-electron chi connectivity index (χ4n) is 7.37. The van der Waals surface area contributed by atoms with Gasteiger partial charge in [-0.25, -0.2) is 0 Å².